The van der Waals surface area contributed by atoms with Gasteiger partial charge in [-0.05, 0) is 25.5 Å². The number of carbonyl (C=O) groups is 1. The summed E-state index contributed by atoms with van der Waals surface area (Å²) in [6.07, 6.45) is 2.16. The van der Waals surface area contributed by atoms with E-state index in [1.165, 1.54) is 12.3 Å². The average Bonchev–Trinajstić information content (AvgIpc) is 2.42. The maximum absolute atomic E-state index is 12.3. The van der Waals surface area contributed by atoms with Crippen molar-refractivity contribution in [2.24, 2.45) is 0 Å². The Labute approximate surface area is 124 Å². The molecule has 0 spiro atoms. The fourth-order valence-electron chi connectivity index (χ4n) is 2.19. The van der Waals surface area contributed by atoms with E-state index in [0.717, 1.165) is 0 Å². The molecule has 1 aromatic rings. The van der Waals surface area contributed by atoms with E-state index in [4.69, 9.17) is 0 Å². The number of amides is 1. The molecule has 116 valence electrons. The van der Waals surface area contributed by atoms with E-state index in [9.17, 15) is 13.2 Å². The van der Waals surface area contributed by atoms with E-state index in [1.54, 1.807) is 17.9 Å². The van der Waals surface area contributed by atoms with Crippen LogP contribution in [-0.2, 0) is 14.8 Å². The van der Waals surface area contributed by atoms with Crippen LogP contribution < -0.4 is 14.9 Å². The Morgan fingerprint density at radius 1 is 1.38 bits per heavy atom. The Bertz CT molecular complexity index is 613. The van der Waals surface area contributed by atoms with Crippen LogP contribution >= 0.6 is 0 Å². The van der Waals surface area contributed by atoms with Crippen molar-refractivity contribution in [1.82, 2.24) is 15.0 Å². The third kappa shape index (κ3) is 3.70. The highest BCUT2D eigenvalue weighted by atomic mass is 32.2. The fourth-order valence-corrected chi connectivity index (χ4v) is 3.48. The van der Waals surface area contributed by atoms with Gasteiger partial charge in [0.15, 0.2) is 0 Å². The third-order valence-electron chi connectivity index (χ3n) is 3.47. The lowest BCUT2D eigenvalue weighted by Gasteiger charge is -2.29. The Morgan fingerprint density at radius 2 is 2.10 bits per heavy atom. The van der Waals surface area contributed by atoms with Gasteiger partial charge in [-0.3, -0.25) is 4.79 Å². The topological polar surface area (TPSA) is 91.4 Å². The van der Waals surface area contributed by atoms with Gasteiger partial charge >= 0.3 is 0 Å². The Kier molecular flexibility index (Phi) is 4.48. The van der Waals surface area contributed by atoms with Crippen molar-refractivity contribution in [3.63, 3.8) is 0 Å². The van der Waals surface area contributed by atoms with Gasteiger partial charge in [-0.1, -0.05) is 0 Å². The number of aromatic nitrogens is 1. The normalized spacial score (nSPS) is 22.7. The molecule has 1 aromatic heterocycles. The maximum atomic E-state index is 12.3. The maximum Gasteiger partial charge on any atom is 0.242 e. The Balaban J connectivity index is 2.13. The highest BCUT2D eigenvalue weighted by molar-refractivity contribution is 7.89. The van der Waals surface area contributed by atoms with E-state index < -0.39 is 10.0 Å². The van der Waals surface area contributed by atoms with E-state index in [-0.39, 0.29) is 22.9 Å². The zero-order valence-corrected chi connectivity index (χ0v) is 13.1. The molecule has 1 amide bonds. The monoisotopic (exact) mass is 312 g/mol. The lowest BCUT2D eigenvalue weighted by Crippen LogP contribution is -2.53. The molecule has 7 nitrogen and oxygen atoms in total. The molecule has 0 aromatic carbocycles. The summed E-state index contributed by atoms with van der Waals surface area (Å²) >= 11 is 0. The number of piperidine rings is 1. The largest absolute Gasteiger partial charge is 0.363 e. The van der Waals surface area contributed by atoms with Crippen molar-refractivity contribution in [3.05, 3.63) is 18.3 Å². The Morgan fingerprint density at radius 3 is 2.62 bits per heavy atom. The zero-order valence-electron chi connectivity index (χ0n) is 12.3. The molecule has 2 heterocycles. The van der Waals surface area contributed by atoms with Crippen LogP contribution in [0.2, 0.25) is 0 Å². The SMILES string of the molecule is CC1NC(=O)CCC1NS(=O)(=O)c1ccc(N(C)C)nc1. The van der Waals surface area contributed by atoms with E-state index in [1.807, 2.05) is 14.1 Å². The highest BCUT2D eigenvalue weighted by Crippen LogP contribution is 2.16. The number of anilines is 1. The van der Waals surface area contributed by atoms with Crippen molar-refractivity contribution >= 4 is 21.7 Å². The van der Waals surface area contributed by atoms with Crippen LogP contribution in [0.25, 0.3) is 0 Å². The fraction of sp³-hybridized carbons (Fsp3) is 0.538. The molecule has 0 saturated carbocycles. The second-order valence-electron chi connectivity index (χ2n) is 5.37. The first kappa shape index (κ1) is 15.7. The smallest absolute Gasteiger partial charge is 0.242 e. The van der Waals surface area contributed by atoms with Crippen molar-refractivity contribution in [2.75, 3.05) is 19.0 Å². The first-order chi connectivity index (χ1) is 9.79. The molecule has 2 rings (SSSR count). The number of nitrogens with zero attached hydrogens (tertiary/aromatic N) is 2. The highest BCUT2D eigenvalue weighted by Gasteiger charge is 2.29. The number of sulfonamides is 1. The number of carbonyl (C=O) groups excluding carboxylic acids is 1. The molecule has 2 atom stereocenters. The van der Waals surface area contributed by atoms with E-state index in [0.29, 0.717) is 18.7 Å². The molecular formula is C13H20N4O3S. The molecule has 1 fully saturated rings. The van der Waals surface area contributed by atoms with Crippen molar-refractivity contribution < 1.29 is 13.2 Å². The number of nitrogens with one attached hydrogen (secondary N) is 2. The minimum Gasteiger partial charge on any atom is -0.363 e. The Hall–Kier alpha value is -1.67. The number of hydrogen-bond donors (Lipinski definition) is 2. The summed E-state index contributed by atoms with van der Waals surface area (Å²) in [5.74, 6) is 0.641. The van der Waals surface area contributed by atoms with Gasteiger partial charge in [0.25, 0.3) is 0 Å². The number of rotatable bonds is 4. The quantitative estimate of drug-likeness (QED) is 0.822. The summed E-state index contributed by atoms with van der Waals surface area (Å²) in [4.78, 5) is 17.3. The molecule has 1 saturated heterocycles. The zero-order chi connectivity index (χ0) is 15.6. The van der Waals surface area contributed by atoms with Gasteiger partial charge in [0, 0.05) is 38.8 Å². The number of hydrogen-bond acceptors (Lipinski definition) is 5. The first-order valence-electron chi connectivity index (χ1n) is 6.74. The van der Waals surface area contributed by atoms with Gasteiger partial charge in [-0.25, -0.2) is 18.1 Å². The van der Waals surface area contributed by atoms with Gasteiger partial charge in [0.05, 0.1) is 0 Å². The van der Waals surface area contributed by atoms with Crippen molar-refractivity contribution in [1.29, 1.82) is 0 Å². The van der Waals surface area contributed by atoms with Crippen LogP contribution in [0.3, 0.4) is 0 Å². The molecule has 0 radical (unpaired) electrons. The van der Waals surface area contributed by atoms with Gasteiger partial charge in [-0.2, -0.15) is 0 Å². The van der Waals surface area contributed by atoms with Crippen molar-refractivity contribution in [2.45, 2.75) is 36.7 Å². The van der Waals surface area contributed by atoms with Gasteiger partial charge in [0.1, 0.15) is 10.7 Å². The molecular weight excluding hydrogens is 292 g/mol. The molecule has 8 heteroatoms. The molecule has 1 aliphatic rings. The second-order valence-corrected chi connectivity index (χ2v) is 7.08. The minimum absolute atomic E-state index is 0.0463. The van der Waals surface area contributed by atoms with E-state index >= 15 is 0 Å². The molecule has 2 N–H and O–H groups in total. The van der Waals surface area contributed by atoms with Crippen LogP contribution in [0.15, 0.2) is 23.2 Å². The van der Waals surface area contributed by atoms with Crippen LogP contribution in [0.1, 0.15) is 19.8 Å². The van der Waals surface area contributed by atoms with Gasteiger partial charge in [-0.15, -0.1) is 0 Å². The first-order valence-corrected chi connectivity index (χ1v) is 8.23. The summed E-state index contributed by atoms with van der Waals surface area (Å²) in [5.41, 5.74) is 0. The molecule has 0 bridgehead atoms. The average molecular weight is 312 g/mol. The summed E-state index contributed by atoms with van der Waals surface area (Å²) in [6, 6.07) is 2.65. The predicted molar refractivity (Wildman–Crippen MR) is 79.5 cm³/mol. The summed E-state index contributed by atoms with van der Waals surface area (Å²) in [5, 5.41) is 2.74. The van der Waals surface area contributed by atoms with Crippen LogP contribution in [0.4, 0.5) is 5.82 Å². The minimum atomic E-state index is -3.64. The van der Waals surface area contributed by atoms with Gasteiger partial charge in [0.2, 0.25) is 15.9 Å². The summed E-state index contributed by atoms with van der Waals surface area (Å²) in [6.45, 7) is 1.79. The third-order valence-corrected chi connectivity index (χ3v) is 4.95. The molecule has 1 aliphatic heterocycles. The molecule has 2 unspecified atom stereocenters. The standard InChI is InChI=1S/C13H20N4O3S/c1-9-11(5-7-13(18)15-9)16-21(19,20)10-4-6-12(14-8-10)17(2)3/h4,6,8-9,11,16H,5,7H2,1-3H3,(H,15,18). The van der Waals surface area contributed by atoms with Gasteiger partial charge < -0.3 is 10.2 Å². The summed E-state index contributed by atoms with van der Waals surface area (Å²) < 4.78 is 27.3. The molecule has 0 aliphatic carbocycles. The lowest BCUT2D eigenvalue weighted by atomic mass is 10.0. The van der Waals surface area contributed by atoms with Crippen LogP contribution in [0.5, 0.6) is 0 Å². The second kappa shape index (κ2) is 5.98. The van der Waals surface area contributed by atoms with Crippen LogP contribution in [-0.4, -0.2) is 45.5 Å². The van der Waals surface area contributed by atoms with Crippen molar-refractivity contribution in [3.8, 4) is 0 Å². The van der Waals surface area contributed by atoms with E-state index in [2.05, 4.69) is 15.0 Å². The van der Waals surface area contributed by atoms with Crippen LogP contribution in [0, 0.1) is 0 Å². The number of pyridine rings is 1. The lowest BCUT2D eigenvalue weighted by molar-refractivity contribution is -0.123. The summed E-state index contributed by atoms with van der Waals surface area (Å²) in [7, 11) is 0.0339. The molecule has 21 heavy (non-hydrogen) atoms. The predicted octanol–water partition coefficient (Wildman–Crippen LogP) is 0.0930.